The average Bonchev–Trinajstić information content (AvgIpc) is 3.13. The zero-order valence-electron chi connectivity index (χ0n) is 15.9. The van der Waals surface area contributed by atoms with E-state index in [1.54, 1.807) is 36.5 Å². The summed E-state index contributed by atoms with van der Waals surface area (Å²) in [6.07, 6.45) is 1.61. The molecule has 2 atom stereocenters. The maximum absolute atomic E-state index is 13.4. The molecule has 0 aromatic heterocycles. The Kier molecular flexibility index (Phi) is 4.72. The highest BCUT2D eigenvalue weighted by Crippen LogP contribution is 2.48. The lowest BCUT2D eigenvalue weighted by molar-refractivity contribution is -0.148. The van der Waals surface area contributed by atoms with Crippen LogP contribution in [0, 0.1) is 5.92 Å². The van der Waals surface area contributed by atoms with Gasteiger partial charge in [-0.15, -0.1) is 0 Å². The predicted octanol–water partition coefficient (Wildman–Crippen LogP) is 2.49. The number of hydrazone groups is 1. The molecule has 146 valence electrons. The molecule has 0 amide bonds. The largest absolute Gasteiger partial charge is 0.468 e. The lowest BCUT2D eigenvalue weighted by atomic mass is 9.86. The molecule has 0 aliphatic carbocycles. The first-order valence-electron chi connectivity index (χ1n) is 9.00. The van der Waals surface area contributed by atoms with Crippen LogP contribution in [0.2, 0.25) is 0 Å². The van der Waals surface area contributed by atoms with E-state index in [4.69, 9.17) is 9.47 Å². The summed E-state index contributed by atoms with van der Waals surface area (Å²) in [5.41, 5.74) is 1.93. The summed E-state index contributed by atoms with van der Waals surface area (Å²) < 4.78 is 9.92. The second kappa shape index (κ2) is 7.35. The molecule has 2 heterocycles. The second-order valence-electron chi connectivity index (χ2n) is 6.61. The van der Waals surface area contributed by atoms with Crippen LogP contribution in [0.25, 0.3) is 0 Å². The summed E-state index contributed by atoms with van der Waals surface area (Å²) in [6.45, 7) is 0. The van der Waals surface area contributed by atoms with E-state index in [1.807, 2.05) is 24.3 Å². The van der Waals surface area contributed by atoms with Crippen molar-refractivity contribution in [3.8, 4) is 0 Å². The Labute approximate surface area is 167 Å². The number of allylic oxidation sites excluding steroid dienone is 1. The van der Waals surface area contributed by atoms with Crippen LogP contribution in [0.5, 0.6) is 0 Å². The Hall–Kier alpha value is -3.74. The van der Waals surface area contributed by atoms with Gasteiger partial charge in [-0.05, 0) is 11.1 Å². The molecule has 2 aromatic rings. The van der Waals surface area contributed by atoms with Gasteiger partial charge in [0.1, 0.15) is 11.6 Å². The first-order chi connectivity index (χ1) is 14.1. The molecule has 0 saturated heterocycles. The molecule has 0 radical (unpaired) electrons. The summed E-state index contributed by atoms with van der Waals surface area (Å²) in [4.78, 5) is 38.9. The van der Waals surface area contributed by atoms with Gasteiger partial charge in [0.2, 0.25) is 5.78 Å². The number of carbonyl (C=O) groups excluding carboxylic acids is 3. The van der Waals surface area contributed by atoms with E-state index in [-0.39, 0.29) is 11.3 Å². The molecule has 29 heavy (non-hydrogen) atoms. The van der Waals surface area contributed by atoms with Crippen LogP contribution < -0.4 is 0 Å². The van der Waals surface area contributed by atoms with E-state index in [0.29, 0.717) is 5.56 Å². The summed E-state index contributed by atoms with van der Waals surface area (Å²) in [5, 5.41) is 5.84. The molecule has 0 fully saturated rings. The minimum atomic E-state index is -1.05. The molecule has 2 aliphatic rings. The fourth-order valence-corrected chi connectivity index (χ4v) is 3.83. The number of hydrogen-bond donors (Lipinski definition) is 0. The standard InChI is InChI=1S/C22H18N2O5/c1-28-21(26)16-17(22(27)29-2)19(20(25)13-8-4-3-5-9-13)24-18(16)15-11-7-6-10-14(15)12-23-24/h3-12,16,18H,1-2H3/t16-,18-/m0/s1. The number of nitrogens with zero attached hydrogens (tertiary/aromatic N) is 2. The van der Waals surface area contributed by atoms with Gasteiger partial charge in [0.05, 0.1) is 32.0 Å². The van der Waals surface area contributed by atoms with Crippen molar-refractivity contribution in [3.63, 3.8) is 0 Å². The van der Waals surface area contributed by atoms with E-state index in [9.17, 15) is 14.4 Å². The molecule has 0 spiro atoms. The fraction of sp³-hybridized carbons (Fsp3) is 0.182. The van der Waals surface area contributed by atoms with Crippen LogP contribution in [0.1, 0.15) is 27.5 Å². The molecule has 0 saturated carbocycles. The van der Waals surface area contributed by atoms with Crippen molar-refractivity contribution in [1.82, 2.24) is 5.01 Å². The fourth-order valence-electron chi connectivity index (χ4n) is 3.83. The van der Waals surface area contributed by atoms with E-state index in [0.717, 1.165) is 11.1 Å². The summed E-state index contributed by atoms with van der Waals surface area (Å²) in [7, 11) is 2.46. The molecule has 2 aliphatic heterocycles. The number of ether oxygens (including phenoxy) is 2. The summed E-state index contributed by atoms with van der Waals surface area (Å²) in [5.74, 6) is -2.86. The normalized spacial score (nSPS) is 19.4. The summed E-state index contributed by atoms with van der Waals surface area (Å²) >= 11 is 0. The smallest absolute Gasteiger partial charge is 0.337 e. The van der Waals surface area contributed by atoms with Gasteiger partial charge in [0.15, 0.2) is 0 Å². The second-order valence-corrected chi connectivity index (χ2v) is 6.61. The van der Waals surface area contributed by atoms with Gasteiger partial charge in [-0.3, -0.25) is 14.6 Å². The monoisotopic (exact) mass is 390 g/mol. The first-order valence-corrected chi connectivity index (χ1v) is 9.00. The quantitative estimate of drug-likeness (QED) is 0.589. The Morgan fingerprint density at radius 2 is 1.62 bits per heavy atom. The lowest BCUT2D eigenvalue weighted by Gasteiger charge is -2.31. The molecule has 0 unspecified atom stereocenters. The minimum absolute atomic E-state index is 0.0224. The van der Waals surface area contributed by atoms with Gasteiger partial charge in [0, 0.05) is 5.56 Å². The van der Waals surface area contributed by atoms with Gasteiger partial charge in [-0.25, -0.2) is 4.79 Å². The van der Waals surface area contributed by atoms with Crippen LogP contribution in [-0.4, -0.2) is 43.2 Å². The van der Waals surface area contributed by atoms with E-state index in [1.165, 1.54) is 19.2 Å². The molecule has 7 heteroatoms. The van der Waals surface area contributed by atoms with Gasteiger partial charge in [0.25, 0.3) is 0 Å². The predicted molar refractivity (Wildman–Crippen MR) is 104 cm³/mol. The van der Waals surface area contributed by atoms with Crippen LogP contribution in [0.3, 0.4) is 0 Å². The number of esters is 2. The van der Waals surface area contributed by atoms with Crippen molar-refractivity contribution in [2.24, 2.45) is 11.0 Å². The maximum atomic E-state index is 13.4. The number of hydrogen-bond acceptors (Lipinski definition) is 7. The van der Waals surface area contributed by atoms with Crippen LogP contribution >= 0.6 is 0 Å². The summed E-state index contributed by atoms with van der Waals surface area (Å²) in [6, 6.07) is 15.2. The molecule has 2 aromatic carbocycles. The molecular weight excluding hydrogens is 372 g/mol. The third kappa shape index (κ3) is 2.91. The van der Waals surface area contributed by atoms with Gasteiger partial charge in [-0.2, -0.15) is 5.10 Å². The van der Waals surface area contributed by atoms with Gasteiger partial charge >= 0.3 is 11.9 Å². The van der Waals surface area contributed by atoms with Crippen LogP contribution in [0.4, 0.5) is 0 Å². The van der Waals surface area contributed by atoms with E-state index in [2.05, 4.69) is 5.10 Å². The SMILES string of the molecule is COC(=O)C1=C(C(=O)c2ccccc2)N2N=Cc3ccccc3[C@H]2[C@H]1C(=O)OC. The lowest BCUT2D eigenvalue weighted by Crippen LogP contribution is -2.32. The van der Waals surface area contributed by atoms with Crippen molar-refractivity contribution >= 4 is 23.9 Å². The third-order valence-corrected chi connectivity index (χ3v) is 5.12. The Bertz CT molecular complexity index is 1060. The van der Waals surface area contributed by atoms with Crippen molar-refractivity contribution < 1.29 is 23.9 Å². The number of rotatable bonds is 4. The topological polar surface area (TPSA) is 85.3 Å². The molecular formula is C22H18N2O5. The van der Waals surface area contributed by atoms with E-state index < -0.39 is 29.7 Å². The molecule has 0 N–H and O–H groups in total. The first kappa shape index (κ1) is 18.6. The number of benzene rings is 2. The Balaban J connectivity index is 1.95. The van der Waals surface area contributed by atoms with E-state index >= 15 is 0 Å². The number of fused-ring (bicyclic) bond motifs is 3. The van der Waals surface area contributed by atoms with Gasteiger partial charge < -0.3 is 9.47 Å². The average molecular weight is 390 g/mol. The maximum Gasteiger partial charge on any atom is 0.337 e. The highest BCUT2D eigenvalue weighted by Gasteiger charge is 2.52. The zero-order chi connectivity index (χ0) is 20.5. The van der Waals surface area contributed by atoms with Gasteiger partial charge in [-0.1, -0.05) is 54.6 Å². The number of methoxy groups -OCH3 is 2. The van der Waals surface area contributed by atoms with Crippen LogP contribution in [0.15, 0.2) is 71.0 Å². The van der Waals surface area contributed by atoms with Crippen molar-refractivity contribution in [3.05, 3.63) is 82.6 Å². The number of carbonyl (C=O) groups is 3. The molecule has 0 bridgehead atoms. The zero-order valence-corrected chi connectivity index (χ0v) is 15.9. The Morgan fingerprint density at radius 1 is 0.931 bits per heavy atom. The van der Waals surface area contributed by atoms with Crippen molar-refractivity contribution in [1.29, 1.82) is 0 Å². The molecule has 7 nitrogen and oxygen atoms in total. The third-order valence-electron chi connectivity index (χ3n) is 5.12. The highest BCUT2D eigenvalue weighted by atomic mass is 16.5. The van der Waals surface area contributed by atoms with Crippen molar-refractivity contribution in [2.75, 3.05) is 14.2 Å². The van der Waals surface area contributed by atoms with Crippen molar-refractivity contribution in [2.45, 2.75) is 6.04 Å². The molecule has 4 rings (SSSR count). The number of ketones is 1. The van der Waals surface area contributed by atoms with Crippen LogP contribution in [-0.2, 0) is 19.1 Å². The minimum Gasteiger partial charge on any atom is -0.468 e. The number of Topliss-reactive ketones (excluding diaryl/α,β-unsaturated/α-hetero) is 1. The Morgan fingerprint density at radius 3 is 2.31 bits per heavy atom. The highest BCUT2D eigenvalue weighted by molar-refractivity contribution is 6.15.